The lowest BCUT2D eigenvalue weighted by atomic mass is 10.2. The quantitative estimate of drug-likeness (QED) is 0.325. The van der Waals surface area contributed by atoms with Crippen molar-refractivity contribution in [2.24, 2.45) is 0 Å². The van der Waals surface area contributed by atoms with Crippen LogP contribution in [0.2, 0.25) is 0 Å². The maximum Gasteiger partial charge on any atom is 0.203 e. The molecule has 0 atom stereocenters. The molecule has 23 heavy (non-hydrogen) atoms. The zero-order chi connectivity index (χ0) is 16.0. The van der Waals surface area contributed by atoms with Crippen molar-refractivity contribution in [1.29, 1.82) is 0 Å². The summed E-state index contributed by atoms with van der Waals surface area (Å²) in [6.07, 6.45) is 0. The van der Waals surface area contributed by atoms with E-state index in [0.29, 0.717) is 0 Å². The Bertz CT molecular complexity index is 1030. The van der Waals surface area contributed by atoms with E-state index in [1.54, 1.807) is 0 Å². The lowest BCUT2D eigenvalue weighted by Crippen LogP contribution is -2.01. The summed E-state index contributed by atoms with van der Waals surface area (Å²) in [5.41, 5.74) is 2.67. The molecule has 0 saturated carbocycles. The normalized spacial score (nSPS) is 11.2. The van der Waals surface area contributed by atoms with Crippen molar-refractivity contribution in [2.45, 2.75) is 13.8 Å². The van der Waals surface area contributed by atoms with E-state index < -0.39 is 0 Å². The Morgan fingerprint density at radius 3 is 1.70 bits per heavy atom. The first-order valence-electron chi connectivity index (χ1n) is 7.70. The molecule has 112 valence electrons. The van der Waals surface area contributed by atoms with Crippen LogP contribution in [0.3, 0.4) is 0 Å². The topological polar surface area (TPSA) is 17.1 Å². The van der Waals surface area contributed by atoms with Gasteiger partial charge in [0.15, 0.2) is 14.3 Å². The van der Waals surface area contributed by atoms with E-state index in [-0.39, 0.29) is 15.9 Å². The summed E-state index contributed by atoms with van der Waals surface area (Å²) in [5, 5.41) is 1.68. The van der Waals surface area contributed by atoms with Crippen LogP contribution in [0.15, 0.2) is 71.5 Å². The van der Waals surface area contributed by atoms with Crippen molar-refractivity contribution < 1.29 is 0 Å². The van der Waals surface area contributed by atoms with Crippen LogP contribution in [0.4, 0.5) is 0 Å². The molecule has 4 aromatic rings. The van der Waals surface area contributed by atoms with E-state index in [1.807, 2.05) is 36.4 Å². The van der Waals surface area contributed by atoms with Gasteiger partial charge in [-0.2, -0.15) is 0 Å². The van der Waals surface area contributed by atoms with E-state index in [9.17, 15) is 4.79 Å². The molecule has 1 heterocycles. The van der Waals surface area contributed by atoms with Crippen LogP contribution in [0.1, 0.15) is 11.1 Å². The van der Waals surface area contributed by atoms with Crippen LogP contribution in [-0.2, 0) is 0 Å². The monoisotopic (exact) mass is 317 g/mol. The molecule has 0 spiro atoms. The largest absolute Gasteiger partial charge is 0.288 e. The van der Waals surface area contributed by atoms with Gasteiger partial charge in [0.2, 0.25) is 5.43 Å². The van der Waals surface area contributed by atoms with Crippen molar-refractivity contribution >= 4 is 30.6 Å². The molecule has 0 aliphatic carbocycles. The SMILES string of the molecule is Cc1cc(C)cc(-[s+]2c3ccccc3c(=O)c3ccccc32)c1. The standard InChI is InChI=1S/C21H17OS/c1-14-11-15(2)13-16(12-14)23-19-9-5-3-7-17(19)21(22)18-8-4-6-10-20(18)23/h3-13H,1-2H3/q+1. The lowest BCUT2D eigenvalue weighted by molar-refractivity contribution is 1.40. The van der Waals surface area contributed by atoms with Crippen LogP contribution < -0.4 is 5.43 Å². The highest BCUT2D eigenvalue weighted by Crippen LogP contribution is 2.43. The van der Waals surface area contributed by atoms with Gasteiger partial charge in [-0.15, -0.1) is 0 Å². The van der Waals surface area contributed by atoms with E-state index in [1.165, 1.54) is 16.0 Å². The highest BCUT2D eigenvalue weighted by molar-refractivity contribution is 7.49. The molecule has 0 N–H and O–H groups in total. The molecule has 0 radical (unpaired) electrons. The molecule has 0 aliphatic heterocycles. The van der Waals surface area contributed by atoms with Gasteiger partial charge in [0.25, 0.3) is 0 Å². The van der Waals surface area contributed by atoms with Gasteiger partial charge in [0.05, 0.1) is 10.8 Å². The molecule has 0 aliphatic rings. The fraction of sp³-hybridized carbons (Fsp3) is 0.0952. The fourth-order valence-corrected chi connectivity index (χ4v) is 5.78. The van der Waals surface area contributed by atoms with Crippen LogP contribution >= 0.6 is 10.5 Å². The van der Waals surface area contributed by atoms with Gasteiger partial charge in [0.1, 0.15) is 0 Å². The Morgan fingerprint density at radius 2 is 1.17 bits per heavy atom. The van der Waals surface area contributed by atoms with Gasteiger partial charge >= 0.3 is 0 Å². The summed E-state index contributed by atoms with van der Waals surface area (Å²) in [4.78, 5) is 14.1. The molecular formula is C21H17OS+. The Labute approximate surface area is 137 Å². The number of hydrogen-bond donors (Lipinski definition) is 0. The summed E-state index contributed by atoms with van der Waals surface area (Å²) >= 11 is 0. The third-order valence-corrected chi connectivity index (χ3v) is 6.43. The predicted molar refractivity (Wildman–Crippen MR) is 101 cm³/mol. The molecular weight excluding hydrogens is 300 g/mol. The minimum Gasteiger partial charge on any atom is -0.288 e. The second kappa shape index (κ2) is 5.32. The maximum absolute atomic E-state index is 12.8. The molecule has 0 bridgehead atoms. The first-order chi connectivity index (χ1) is 11.1. The van der Waals surface area contributed by atoms with Crippen LogP contribution in [0.5, 0.6) is 0 Å². The second-order valence-corrected chi connectivity index (χ2v) is 7.91. The Kier molecular flexibility index (Phi) is 3.28. The smallest absolute Gasteiger partial charge is 0.203 e. The molecule has 0 amide bonds. The molecule has 0 unspecified atom stereocenters. The van der Waals surface area contributed by atoms with E-state index in [2.05, 4.69) is 44.2 Å². The second-order valence-electron chi connectivity index (χ2n) is 5.95. The summed E-state index contributed by atoms with van der Waals surface area (Å²) in [7, 11) is -0.220. The van der Waals surface area contributed by atoms with Gasteiger partial charge in [-0.3, -0.25) is 4.79 Å². The lowest BCUT2D eigenvalue weighted by Gasteiger charge is -2.04. The summed E-state index contributed by atoms with van der Waals surface area (Å²) in [6.45, 7) is 4.26. The van der Waals surface area contributed by atoms with E-state index >= 15 is 0 Å². The van der Waals surface area contributed by atoms with Gasteiger partial charge in [-0.1, -0.05) is 30.3 Å². The van der Waals surface area contributed by atoms with Gasteiger partial charge in [-0.25, -0.2) is 0 Å². The van der Waals surface area contributed by atoms with Crippen molar-refractivity contribution in [3.8, 4) is 4.90 Å². The fourth-order valence-electron chi connectivity index (χ4n) is 3.23. The summed E-state index contributed by atoms with van der Waals surface area (Å²) in [5.74, 6) is 0. The number of hydrogen-bond acceptors (Lipinski definition) is 1. The molecule has 3 aromatic carbocycles. The average molecular weight is 317 g/mol. The minimum atomic E-state index is -0.220. The third kappa shape index (κ3) is 2.27. The highest BCUT2D eigenvalue weighted by Gasteiger charge is 2.22. The zero-order valence-electron chi connectivity index (χ0n) is 13.2. The highest BCUT2D eigenvalue weighted by atomic mass is 32.2. The molecule has 1 aromatic heterocycles. The van der Waals surface area contributed by atoms with E-state index in [0.717, 1.165) is 20.2 Å². The van der Waals surface area contributed by atoms with Crippen LogP contribution in [0.25, 0.3) is 25.1 Å². The number of fused-ring (bicyclic) bond motifs is 2. The minimum absolute atomic E-state index is 0.143. The third-order valence-electron chi connectivity index (χ3n) is 4.13. The Hall–Kier alpha value is -2.45. The van der Waals surface area contributed by atoms with Gasteiger partial charge < -0.3 is 0 Å². The summed E-state index contributed by atoms with van der Waals surface area (Å²) < 4.78 is 2.28. The maximum atomic E-state index is 12.8. The van der Waals surface area contributed by atoms with Crippen molar-refractivity contribution in [2.75, 3.05) is 0 Å². The van der Waals surface area contributed by atoms with Crippen LogP contribution in [-0.4, -0.2) is 0 Å². The molecule has 0 saturated heterocycles. The van der Waals surface area contributed by atoms with Crippen molar-refractivity contribution in [1.82, 2.24) is 0 Å². The first-order valence-corrected chi connectivity index (χ1v) is 8.93. The number of benzene rings is 3. The molecule has 1 nitrogen and oxygen atoms in total. The van der Waals surface area contributed by atoms with Crippen LogP contribution in [0, 0.1) is 13.8 Å². The first kappa shape index (κ1) is 14.2. The average Bonchev–Trinajstić information content (AvgIpc) is 2.54. The molecule has 4 rings (SSSR count). The molecule has 0 fully saturated rings. The van der Waals surface area contributed by atoms with Crippen molar-refractivity contribution in [3.05, 3.63) is 88.1 Å². The summed E-state index contributed by atoms with van der Waals surface area (Å²) in [6, 6.07) is 22.8. The Balaban J connectivity index is 2.28. The van der Waals surface area contributed by atoms with E-state index in [4.69, 9.17) is 0 Å². The van der Waals surface area contributed by atoms with Gasteiger partial charge in [-0.05, 0) is 49.2 Å². The van der Waals surface area contributed by atoms with Crippen molar-refractivity contribution in [3.63, 3.8) is 0 Å². The number of aryl methyl sites for hydroxylation is 2. The Morgan fingerprint density at radius 1 is 0.696 bits per heavy atom. The number of rotatable bonds is 1. The van der Waals surface area contributed by atoms with Gasteiger partial charge in [0, 0.05) is 22.6 Å². The molecule has 2 heteroatoms. The predicted octanol–water partition coefficient (Wildman–Crippen LogP) is 5.71. The zero-order valence-corrected chi connectivity index (χ0v) is 14.0.